The second kappa shape index (κ2) is 7.96. The number of hydrogen-bond acceptors (Lipinski definition) is 9. The molecule has 0 saturated carbocycles. The Kier molecular flexibility index (Phi) is 6.90. The zero-order valence-corrected chi connectivity index (χ0v) is 9.20. The summed E-state index contributed by atoms with van der Waals surface area (Å²) in [6, 6.07) is -2.42. The first-order valence-corrected chi connectivity index (χ1v) is 5.36. The topological polar surface area (TPSA) is 184 Å². The number of hydroxylamine groups is 2. The number of nitrogens with zero attached hydrogens (tertiary/aromatic N) is 2. The Morgan fingerprint density at radius 2 is 1.18 bits per heavy atom. The van der Waals surface area contributed by atoms with Crippen LogP contribution in [-0.2, 0) is 25.9 Å². The van der Waals surface area contributed by atoms with Crippen LogP contribution in [0.2, 0.25) is 0 Å². The molecule has 4 N–H and O–H groups in total. The summed E-state index contributed by atoms with van der Waals surface area (Å²) >= 11 is 0. The summed E-state index contributed by atoms with van der Waals surface area (Å²) in [5.74, 6) is 0. The highest BCUT2D eigenvalue weighted by atomic mass is 32.2. The molecule has 15 heteroatoms. The van der Waals surface area contributed by atoms with Gasteiger partial charge in [0.2, 0.25) is 0 Å². The average Bonchev–Trinajstić information content (AvgIpc) is 2.23. The summed E-state index contributed by atoms with van der Waals surface area (Å²) in [6.07, 6.45) is 0. The Morgan fingerprint density at radius 1 is 0.824 bits per heavy atom. The van der Waals surface area contributed by atoms with E-state index in [1.54, 1.807) is 0 Å². The van der Waals surface area contributed by atoms with E-state index in [0.717, 1.165) is 0 Å². The largest absolute Gasteiger partial charge is 0.361 e. The molecule has 0 aliphatic heterocycles. The molecule has 17 heavy (non-hydrogen) atoms. The number of nitrogens with one attached hydrogen (secondary N) is 4. The maximum atomic E-state index is 10.6. The monoisotopic (exact) mass is 288 g/mol. The number of carbonyl (C=O) groups is 2. The highest BCUT2D eigenvalue weighted by molar-refractivity contribution is 7.61. The van der Waals surface area contributed by atoms with Crippen molar-refractivity contribution in [1.29, 1.82) is 0 Å². The van der Waals surface area contributed by atoms with Crippen molar-refractivity contribution in [2.24, 2.45) is 8.94 Å². The SMILES string of the molecule is O=C(NN=S(=O)=O)NONC(=O)NN=S(=O)=O. The van der Waals surface area contributed by atoms with Crippen molar-refractivity contribution in [3.05, 3.63) is 0 Å². The van der Waals surface area contributed by atoms with E-state index in [9.17, 15) is 26.4 Å². The third kappa shape index (κ3) is 10.0. The molecule has 0 unspecified atom stereocenters. The standard InChI is InChI=1S/C2H4N6O7S2/c9-1(3-7-16(11)12)5-15-6-2(10)4-8-17(13)14/h(H2,3,5,9)(H2,4,6,10). The maximum absolute atomic E-state index is 10.6. The third-order valence-corrected chi connectivity index (χ3v) is 1.21. The van der Waals surface area contributed by atoms with Crippen molar-refractivity contribution in [3.8, 4) is 0 Å². The first-order chi connectivity index (χ1) is 7.91. The van der Waals surface area contributed by atoms with Gasteiger partial charge < -0.3 is 0 Å². The Labute approximate surface area is 95.8 Å². The fourth-order valence-electron chi connectivity index (χ4n) is 0.321. The Bertz CT molecular complexity index is 479. The van der Waals surface area contributed by atoms with Crippen LogP contribution in [0.4, 0.5) is 9.59 Å². The molecule has 0 rings (SSSR count). The molecule has 0 aliphatic rings. The summed E-state index contributed by atoms with van der Waals surface area (Å²) in [6.45, 7) is 0. The fraction of sp³-hybridized carbons (Fsp3) is 0. The molecule has 0 spiro atoms. The molecule has 0 atom stereocenters. The molecule has 96 valence electrons. The van der Waals surface area contributed by atoms with Gasteiger partial charge in [-0.2, -0.15) is 32.7 Å². The number of urea groups is 2. The van der Waals surface area contributed by atoms with E-state index in [4.69, 9.17) is 0 Å². The molecule has 13 nitrogen and oxygen atoms in total. The van der Waals surface area contributed by atoms with Gasteiger partial charge in [-0.1, -0.05) is 0 Å². The van der Waals surface area contributed by atoms with E-state index in [1.165, 1.54) is 21.8 Å². The molecular formula is C2H4N6O7S2. The van der Waals surface area contributed by atoms with Crippen molar-refractivity contribution in [2.45, 2.75) is 0 Å². The van der Waals surface area contributed by atoms with Crippen molar-refractivity contribution in [3.63, 3.8) is 0 Å². The van der Waals surface area contributed by atoms with Gasteiger partial charge in [0.15, 0.2) is 0 Å². The lowest BCUT2D eigenvalue weighted by Gasteiger charge is -2.03. The fourth-order valence-corrected chi connectivity index (χ4v) is 0.636. The number of carbonyl (C=O) groups excluding carboxylic acids is 2. The second-order valence-corrected chi connectivity index (χ2v) is 3.04. The zero-order valence-electron chi connectivity index (χ0n) is 7.57. The van der Waals surface area contributed by atoms with E-state index >= 15 is 0 Å². The number of rotatable bonds is 4. The predicted molar refractivity (Wildman–Crippen MR) is 47.1 cm³/mol. The van der Waals surface area contributed by atoms with E-state index in [2.05, 4.69) is 13.9 Å². The van der Waals surface area contributed by atoms with Gasteiger partial charge in [0.25, 0.3) is 0 Å². The van der Waals surface area contributed by atoms with Gasteiger partial charge in [-0.05, 0) is 8.94 Å². The highest BCUT2D eigenvalue weighted by Crippen LogP contribution is 1.68. The molecule has 0 aliphatic carbocycles. The molecule has 0 aromatic carbocycles. The van der Waals surface area contributed by atoms with Crippen LogP contribution < -0.4 is 21.8 Å². The van der Waals surface area contributed by atoms with Crippen LogP contribution in [0, 0.1) is 0 Å². The Balaban J connectivity index is 3.84. The quantitative estimate of drug-likeness (QED) is 0.408. The highest BCUT2D eigenvalue weighted by Gasteiger charge is 2.01. The number of amides is 4. The lowest BCUT2D eigenvalue weighted by atomic mass is 11.1. The maximum Gasteiger partial charge on any atom is 0.361 e. The van der Waals surface area contributed by atoms with Crippen LogP contribution in [0.3, 0.4) is 0 Å². The van der Waals surface area contributed by atoms with Gasteiger partial charge in [0.05, 0.1) is 0 Å². The van der Waals surface area contributed by atoms with E-state index in [0.29, 0.717) is 0 Å². The Hall–Kier alpha value is -2.26. The summed E-state index contributed by atoms with van der Waals surface area (Å²) < 4.78 is 44.4. The third-order valence-electron chi connectivity index (χ3n) is 0.731. The summed E-state index contributed by atoms with van der Waals surface area (Å²) in [7, 11) is -5.69. The van der Waals surface area contributed by atoms with Gasteiger partial charge >= 0.3 is 33.1 Å². The van der Waals surface area contributed by atoms with Crippen LogP contribution >= 0.6 is 0 Å². The van der Waals surface area contributed by atoms with Crippen LogP contribution in [0.15, 0.2) is 8.94 Å². The number of hydrogen-bond donors (Lipinski definition) is 4. The molecule has 0 saturated heterocycles. The lowest BCUT2D eigenvalue weighted by Crippen LogP contribution is -2.41. The van der Waals surface area contributed by atoms with E-state index < -0.39 is 33.1 Å². The lowest BCUT2D eigenvalue weighted by molar-refractivity contribution is 0.00445. The minimum atomic E-state index is -2.84. The summed E-state index contributed by atoms with van der Waals surface area (Å²) in [5.41, 5.74) is 5.84. The van der Waals surface area contributed by atoms with Gasteiger partial charge in [-0.15, -0.1) is 0 Å². The minimum absolute atomic E-state index is 1.21. The Morgan fingerprint density at radius 3 is 1.47 bits per heavy atom. The molecule has 0 aromatic rings. The van der Waals surface area contributed by atoms with Gasteiger partial charge in [0, 0.05) is 0 Å². The molecular weight excluding hydrogens is 284 g/mol. The molecule has 0 fully saturated rings. The van der Waals surface area contributed by atoms with Crippen LogP contribution in [-0.4, -0.2) is 28.9 Å². The molecule has 0 radical (unpaired) electrons. The van der Waals surface area contributed by atoms with Crippen LogP contribution in [0.1, 0.15) is 0 Å². The van der Waals surface area contributed by atoms with E-state index in [-0.39, 0.29) is 0 Å². The normalized spacial score (nSPS) is 8.47. The molecule has 4 amide bonds. The summed E-state index contributed by atoms with van der Waals surface area (Å²) in [4.78, 5) is 25.1. The van der Waals surface area contributed by atoms with E-state index in [1.807, 2.05) is 0 Å². The predicted octanol–water partition coefficient (Wildman–Crippen LogP) is -2.61. The van der Waals surface area contributed by atoms with Gasteiger partial charge in [-0.25, -0.2) is 20.4 Å². The first-order valence-electron chi connectivity index (χ1n) is 3.30. The molecule has 0 bridgehead atoms. The van der Waals surface area contributed by atoms with Gasteiger partial charge in [-0.3, -0.25) is 0 Å². The summed E-state index contributed by atoms with van der Waals surface area (Å²) in [5, 5.41) is 0. The van der Waals surface area contributed by atoms with Crippen LogP contribution in [0.25, 0.3) is 0 Å². The van der Waals surface area contributed by atoms with Crippen molar-refractivity contribution in [1.82, 2.24) is 21.8 Å². The second-order valence-electron chi connectivity index (χ2n) is 1.80. The smallest absolute Gasteiger partial charge is 0.244 e. The zero-order chi connectivity index (χ0) is 13.3. The van der Waals surface area contributed by atoms with Crippen molar-refractivity contribution >= 4 is 33.1 Å². The molecule has 0 aromatic heterocycles. The van der Waals surface area contributed by atoms with Crippen molar-refractivity contribution < 1.29 is 31.4 Å². The average molecular weight is 288 g/mol. The van der Waals surface area contributed by atoms with Crippen molar-refractivity contribution in [2.75, 3.05) is 0 Å². The van der Waals surface area contributed by atoms with Crippen LogP contribution in [0.5, 0.6) is 0 Å². The van der Waals surface area contributed by atoms with Gasteiger partial charge in [0.1, 0.15) is 0 Å². The minimum Gasteiger partial charge on any atom is -0.244 e. The molecule has 0 heterocycles. The first kappa shape index (κ1) is 14.7.